The third-order valence-electron chi connectivity index (χ3n) is 1.35. The van der Waals surface area contributed by atoms with Crippen LogP contribution in [0.25, 0.3) is 0 Å². The van der Waals surface area contributed by atoms with Crippen LogP contribution in [0.3, 0.4) is 0 Å². The summed E-state index contributed by atoms with van der Waals surface area (Å²) in [5.74, 6) is -1.56. The molecule has 0 aliphatic carbocycles. The third kappa shape index (κ3) is 3.19. The van der Waals surface area contributed by atoms with Gasteiger partial charge in [0, 0.05) is 12.6 Å². The lowest BCUT2D eigenvalue weighted by atomic mass is 10.2. The van der Waals surface area contributed by atoms with Gasteiger partial charge in [-0.05, 0) is 19.7 Å². The quantitative estimate of drug-likeness (QED) is 0.317. The Morgan fingerprint density at radius 2 is 2.29 bits per heavy atom. The van der Waals surface area contributed by atoms with E-state index in [0.29, 0.717) is 0 Å². The van der Waals surface area contributed by atoms with Crippen LogP contribution < -0.4 is 5.32 Å². The molecule has 0 saturated heterocycles. The molecule has 0 saturated carbocycles. The molecule has 0 atom stereocenters. The average molecular weight is 195 g/mol. The Balaban J connectivity index is 5.16. The molecule has 5 heteroatoms. The fourth-order valence-corrected chi connectivity index (χ4v) is 0.665. The molecule has 1 N–H and O–H groups in total. The van der Waals surface area contributed by atoms with Gasteiger partial charge in [0.1, 0.15) is 0 Å². The molecule has 0 spiro atoms. The predicted octanol–water partition coefficient (Wildman–Crippen LogP) is 1.08. The molecule has 0 radical (unpaired) electrons. The number of rotatable bonds is 3. The summed E-state index contributed by atoms with van der Waals surface area (Å²) in [6, 6.07) is 1.72. The van der Waals surface area contributed by atoms with E-state index in [-0.39, 0.29) is 5.57 Å². The molecule has 0 rings (SSSR count). The Labute approximate surface area is 81.4 Å². The van der Waals surface area contributed by atoms with Crippen LogP contribution in [-0.4, -0.2) is 19.7 Å². The molecule has 74 valence electrons. The number of hydrogen-bond donors (Lipinski definition) is 1. The second-order valence-corrected chi connectivity index (χ2v) is 2.37. The summed E-state index contributed by atoms with van der Waals surface area (Å²) in [7, 11) is 1.35. The van der Waals surface area contributed by atoms with Crippen molar-refractivity contribution in [3.8, 4) is 6.07 Å². The lowest BCUT2D eigenvalue weighted by Gasteiger charge is -1.99. The van der Waals surface area contributed by atoms with Gasteiger partial charge < -0.3 is 5.32 Å². The second kappa shape index (κ2) is 5.65. The minimum absolute atomic E-state index is 0.146. The summed E-state index contributed by atoms with van der Waals surface area (Å²) in [5.41, 5.74) is -0.283. The van der Waals surface area contributed by atoms with Gasteiger partial charge in [0.25, 0.3) is 5.91 Å². The van der Waals surface area contributed by atoms with Crippen molar-refractivity contribution >= 4 is 12.6 Å². The summed E-state index contributed by atoms with van der Waals surface area (Å²) in [4.78, 5) is 14.2. The van der Waals surface area contributed by atoms with Crippen LogP contribution in [0.4, 0.5) is 4.39 Å². The van der Waals surface area contributed by atoms with Crippen LogP contribution in [0.15, 0.2) is 28.2 Å². The Kier molecular flexibility index (Phi) is 4.86. The van der Waals surface area contributed by atoms with Crippen molar-refractivity contribution in [3.63, 3.8) is 0 Å². The Hall–Kier alpha value is -1.96. The summed E-state index contributed by atoms with van der Waals surface area (Å²) in [6.45, 7) is 4.48. The fourth-order valence-electron chi connectivity index (χ4n) is 0.665. The normalized spacial score (nSPS) is 12.6. The molecule has 0 aliphatic rings. The maximum absolute atomic E-state index is 13.2. The van der Waals surface area contributed by atoms with E-state index in [0.717, 1.165) is 6.08 Å². The number of nitrogens with one attached hydrogen (secondary N) is 1. The van der Waals surface area contributed by atoms with Crippen molar-refractivity contribution in [3.05, 3.63) is 23.2 Å². The highest BCUT2D eigenvalue weighted by molar-refractivity contribution is 5.94. The van der Waals surface area contributed by atoms with Gasteiger partial charge in [-0.3, -0.25) is 9.79 Å². The minimum Gasteiger partial charge on any atom is -0.354 e. The van der Waals surface area contributed by atoms with E-state index >= 15 is 0 Å². The van der Waals surface area contributed by atoms with E-state index in [2.05, 4.69) is 17.0 Å². The standard InChI is InChI=1S/C9H10FN3O/c1-6(5-11)4-7(10)8(12-2)9(14)13-3/h4H,2H2,1,3H3,(H,13,14)/b6-4+,8-7+. The largest absolute Gasteiger partial charge is 0.354 e. The number of halogens is 1. The number of amides is 1. The molecular formula is C9H10FN3O. The summed E-state index contributed by atoms with van der Waals surface area (Å²) >= 11 is 0. The van der Waals surface area contributed by atoms with Crippen LogP contribution in [0.2, 0.25) is 0 Å². The van der Waals surface area contributed by atoms with E-state index in [4.69, 9.17) is 5.26 Å². The number of carbonyl (C=O) groups excluding carboxylic acids is 1. The highest BCUT2D eigenvalue weighted by Gasteiger charge is 2.10. The van der Waals surface area contributed by atoms with E-state index in [1.165, 1.54) is 14.0 Å². The molecule has 0 bridgehead atoms. The molecule has 0 unspecified atom stereocenters. The third-order valence-corrected chi connectivity index (χ3v) is 1.35. The SMILES string of the molecule is C=N/C(C(=O)NC)=C(F)\C=C(/C)C#N. The maximum atomic E-state index is 13.2. The number of likely N-dealkylation sites (N-methyl/N-ethyl adjacent to an activating group) is 1. The second-order valence-electron chi connectivity index (χ2n) is 2.37. The Morgan fingerprint density at radius 3 is 2.64 bits per heavy atom. The lowest BCUT2D eigenvalue weighted by Crippen LogP contribution is -2.19. The Morgan fingerprint density at radius 1 is 1.71 bits per heavy atom. The van der Waals surface area contributed by atoms with E-state index in [9.17, 15) is 9.18 Å². The van der Waals surface area contributed by atoms with Gasteiger partial charge in [0.2, 0.25) is 0 Å². The van der Waals surface area contributed by atoms with Crippen molar-refractivity contribution < 1.29 is 9.18 Å². The van der Waals surface area contributed by atoms with Crippen molar-refractivity contribution in [2.75, 3.05) is 7.05 Å². The number of nitrogens with zero attached hydrogens (tertiary/aromatic N) is 2. The molecule has 14 heavy (non-hydrogen) atoms. The molecule has 0 aromatic rings. The highest BCUT2D eigenvalue weighted by atomic mass is 19.1. The van der Waals surface area contributed by atoms with Gasteiger partial charge in [0.05, 0.1) is 6.07 Å². The van der Waals surface area contributed by atoms with Crippen molar-refractivity contribution in [2.45, 2.75) is 6.92 Å². The first kappa shape index (κ1) is 12.0. The van der Waals surface area contributed by atoms with Gasteiger partial charge in [-0.2, -0.15) is 5.26 Å². The molecule has 1 amide bonds. The number of nitriles is 1. The molecule has 0 heterocycles. The van der Waals surface area contributed by atoms with Crippen molar-refractivity contribution in [2.24, 2.45) is 4.99 Å². The molecule has 0 aliphatic heterocycles. The van der Waals surface area contributed by atoms with Gasteiger partial charge in [-0.15, -0.1) is 0 Å². The average Bonchev–Trinajstić information content (AvgIpc) is 2.18. The van der Waals surface area contributed by atoms with Crippen LogP contribution in [0.1, 0.15) is 6.92 Å². The first-order valence-electron chi connectivity index (χ1n) is 3.73. The minimum atomic E-state index is -0.876. The zero-order chi connectivity index (χ0) is 11.1. The zero-order valence-corrected chi connectivity index (χ0v) is 7.97. The summed E-state index contributed by atoms with van der Waals surface area (Å²) < 4.78 is 13.2. The van der Waals surface area contributed by atoms with Crippen LogP contribution >= 0.6 is 0 Å². The van der Waals surface area contributed by atoms with Crippen LogP contribution in [-0.2, 0) is 4.79 Å². The van der Waals surface area contributed by atoms with E-state index in [1.54, 1.807) is 6.07 Å². The molecule has 4 nitrogen and oxygen atoms in total. The van der Waals surface area contributed by atoms with E-state index < -0.39 is 17.4 Å². The summed E-state index contributed by atoms with van der Waals surface area (Å²) in [6.07, 6.45) is 0.930. The predicted molar refractivity (Wildman–Crippen MR) is 51.1 cm³/mol. The number of hydrogen-bond acceptors (Lipinski definition) is 3. The maximum Gasteiger partial charge on any atom is 0.272 e. The first-order chi connectivity index (χ1) is 6.56. The Bertz CT molecular complexity index is 350. The molecule has 0 fully saturated rings. The lowest BCUT2D eigenvalue weighted by molar-refractivity contribution is -0.117. The fraction of sp³-hybridized carbons (Fsp3) is 0.222. The van der Waals surface area contributed by atoms with Gasteiger partial charge in [-0.25, -0.2) is 4.39 Å². The molecular weight excluding hydrogens is 185 g/mol. The smallest absolute Gasteiger partial charge is 0.272 e. The number of allylic oxidation sites excluding steroid dienone is 3. The monoisotopic (exact) mass is 195 g/mol. The van der Waals surface area contributed by atoms with Crippen molar-refractivity contribution in [1.29, 1.82) is 5.26 Å². The first-order valence-corrected chi connectivity index (χ1v) is 3.73. The van der Waals surface area contributed by atoms with E-state index in [1.807, 2.05) is 0 Å². The molecule has 0 aromatic carbocycles. The highest BCUT2D eigenvalue weighted by Crippen LogP contribution is 2.11. The molecule has 0 aromatic heterocycles. The van der Waals surface area contributed by atoms with Gasteiger partial charge >= 0.3 is 0 Å². The number of carbonyl (C=O) groups is 1. The number of aliphatic imine (C=N–C) groups is 1. The topological polar surface area (TPSA) is 65.2 Å². The summed E-state index contributed by atoms with van der Waals surface area (Å²) in [5, 5.41) is 10.6. The van der Waals surface area contributed by atoms with Crippen LogP contribution in [0, 0.1) is 11.3 Å². The van der Waals surface area contributed by atoms with Gasteiger partial charge in [-0.1, -0.05) is 0 Å². The van der Waals surface area contributed by atoms with Crippen LogP contribution in [0.5, 0.6) is 0 Å². The van der Waals surface area contributed by atoms with Crippen molar-refractivity contribution in [1.82, 2.24) is 5.32 Å². The zero-order valence-electron chi connectivity index (χ0n) is 7.97. The van der Waals surface area contributed by atoms with Gasteiger partial charge in [0.15, 0.2) is 11.5 Å².